The first-order valence-corrected chi connectivity index (χ1v) is 6.83. The van der Waals surface area contributed by atoms with Crippen molar-refractivity contribution < 1.29 is 42.5 Å². The molecule has 0 aliphatic carbocycles. The summed E-state index contributed by atoms with van der Waals surface area (Å²) in [6.07, 6.45) is -7.33. The van der Waals surface area contributed by atoms with E-state index in [9.17, 15) is 23.6 Å². The second-order valence-electron chi connectivity index (χ2n) is 5.15. The predicted octanol–water partition coefficient (Wildman–Crippen LogP) is -0.0885. The number of carbonyl (C=O) groups is 4. The smallest absolute Gasteiger partial charge is 0.412 e. The molecule has 2 aliphatic rings. The number of carbonyl (C=O) groups excluding carboxylic acids is 4. The van der Waals surface area contributed by atoms with Crippen molar-refractivity contribution in [1.82, 2.24) is 4.90 Å². The van der Waals surface area contributed by atoms with Crippen molar-refractivity contribution in [1.29, 1.82) is 0 Å². The molecule has 0 aromatic carbocycles. The van der Waals surface area contributed by atoms with Gasteiger partial charge in [0, 0.05) is 20.8 Å². The van der Waals surface area contributed by atoms with E-state index in [1.165, 1.54) is 0 Å². The Bertz CT molecular complexity index is 538. The molecule has 0 aromatic rings. The van der Waals surface area contributed by atoms with Crippen molar-refractivity contribution in [2.45, 2.75) is 51.4 Å². The maximum Gasteiger partial charge on any atom is 0.412 e. The van der Waals surface area contributed by atoms with Crippen LogP contribution in [0, 0.1) is 0 Å². The van der Waals surface area contributed by atoms with Crippen LogP contribution in [0.1, 0.15) is 20.8 Å². The van der Waals surface area contributed by atoms with Gasteiger partial charge in [0.25, 0.3) is 0 Å². The first-order valence-electron chi connectivity index (χ1n) is 6.83. The molecule has 2 fully saturated rings. The zero-order chi connectivity index (χ0) is 17.3. The number of amides is 1. The number of rotatable bonds is 3. The lowest BCUT2D eigenvalue weighted by molar-refractivity contribution is -0.218. The van der Waals surface area contributed by atoms with Crippen LogP contribution in [0.25, 0.3) is 0 Å². The van der Waals surface area contributed by atoms with Crippen molar-refractivity contribution in [2.75, 3.05) is 6.61 Å². The minimum Gasteiger partial charge on any atom is -0.456 e. The molecule has 0 bridgehead atoms. The van der Waals surface area contributed by atoms with Crippen molar-refractivity contribution in [2.24, 2.45) is 0 Å². The lowest BCUT2D eigenvalue weighted by atomic mass is 9.93. The number of alkyl halides is 1. The lowest BCUT2D eigenvalue weighted by Gasteiger charge is -2.44. The van der Waals surface area contributed by atoms with Crippen LogP contribution in [0.3, 0.4) is 0 Å². The minimum absolute atomic E-state index is 0.248. The summed E-state index contributed by atoms with van der Waals surface area (Å²) >= 11 is 0. The van der Waals surface area contributed by atoms with Crippen LogP contribution < -0.4 is 0 Å². The summed E-state index contributed by atoms with van der Waals surface area (Å²) in [6.45, 7) is 2.97. The number of cyclic esters (lactones) is 1. The Hall–Kier alpha value is -2.39. The number of fused-ring (bicyclic) bond motifs is 1. The zero-order valence-electron chi connectivity index (χ0n) is 12.7. The first-order chi connectivity index (χ1) is 10.7. The van der Waals surface area contributed by atoms with Gasteiger partial charge in [-0.2, -0.15) is 0 Å². The third kappa shape index (κ3) is 3.35. The Kier molecular flexibility index (Phi) is 4.71. The highest BCUT2D eigenvalue weighted by molar-refractivity contribution is 5.72. The van der Waals surface area contributed by atoms with E-state index in [1.54, 1.807) is 0 Å². The van der Waals surface area contributed by atoms with Crippen molar-refractivity contribution in [3.8, 4) is 0 Å². The predicted molar refractivity (Wildman–Crippen MR) is 68.5 cm³/mol. The van der Waals surface area contributed by atoms with Gasteiger partial charge in [0.05, 0.1) is 0 Å². The highest BCUT2D eigenvalue weighted by Gasteiger charge is 2.59. The van der Waals surface area contributed by atoms with E-state index < -0.39 is 54.7 Å². The number of ether oxygens (including phenoxy) is 4. The SMILES string of the molecule is CC(=O)OC1[C@@H](OC(C)=O)[C@H](OC(C)=O)C2COC(=O)N2[C@@H]1F. The zero-order valence-corrected chi connectivity index (χ0v) is 12.7. The van der Waals surface area contributed by atoms with Gasteiger partial charge in [0.2, 0.25) is 6.30 Å². The Morgan fingerprint density at radius 3 is 2.00 bits per heavy atom. The van der Waals surface area contributed by atoms with Gasteiger partial charge in [0.15, 0.2) is 18.3 Å². The van der Waals surface area contributed by atoms with E-state index in [0.29, 0.717) is 4.90 Å². The molecule has 0 radical (unpaired) electrons. The van der Waals surface area contributed by atoms with Gasteiger partial charge >= 0.3 is 24.0 Å². The van der Waals surface area contributed by atoms with E-state index in [1.807, 2.05) is 0 Å². The average molecular weight is 333 g/mol. The largest absolute Gasteiger partial charge is 0.456 e. The second-order valence-corrected chi connectivity index (χ2v) is 5.15. The molecular weight excluding hydrogens is 317 g/mol. The van der Waals surface area contributed by atoms with Gasteiger partial charge < -0.3 is 18.9 Å². The van der Waals surface area contributed by atoms with Crippen molar-refractivity contribution in [3.05, 3.63) is 0 Å². The Labute approximate surface area is 130 Å². The van der Waals surface area contributed by atoms with E-state index in [0.717, 1.165) is 20.8 Å². The Balaban J connectivity index is 2.40. The van der Waals surface area contributed by atoms with Crippen LogP contribution in [0.5, 0.6) is 0 Å². The molecule has 0 spiro atoms. The molecule has 128 valence electrons. The summed E-state index contributed by atoms with van der Waals surface area (Å²) in [5.41, 5.74) is 0. The molecule has 10 heteroatoms. The van der Waals surface area contributed by atoms with Crippen LogP contribution in [0.2, 0.25) is 0 Å². The summed E-state index contributed by atoms with van der Waals surface area (Å²) in [5.74, 6) is -2.36. The quantitative estimate of drug-likeness (QED) is 0.400. The lowest BCUT2D eigenvalue weighted by Crippen LogP contribution is -2.66. The average Bonchev–Trinajstić information content (AvgIpc) is 2.79. The van der Waals surface area contributed by atoms with Crippen LogP contribution in [0.15, 0.2) is 0 Å². The third-order valence-electron chi connectivity index (χ3n) is 3.42. The molecule has 5 atom stereocenters. The highest BCUT2D eigenvalue weighted by atomic mass is 19.1. The van der Waals surface area contributed by atoms with Crippen LogP contribution in [-0.4, -0.2) is 66.2 Å². The fourth-order valence-electron chi connectivity index (χ4n) is 2.68. The van der Waals surface area contributed by atoms with Gasteiger partial charge in [0.1, 0.15) is 12.6 Å². The maximum atomic E-state index is 14.6. The van der Waals surface area contributed by atoms with Crippen LogP contribution in [-0.2, 0) is 33.3 Å². The van der Waals surface area contributed by atoms with Gasteiger partial charge in [-0.15, -0.1) is 0 Å². The van der Waals surface area contributed by atoms with E-state index in [4.69, 9.17) is 18.9 Å². The summed E-state index contributed by atoms with van der Waals surface area (Å²) < 4.78 is 34.3. The molecule has 2 aliphatic heterocycles. The molecule has 0 aromatic heterocycles. The number of halogens is 1. The van der Waals surface area contributed by atoms with Crippen LogP contribution in [0.4, 0.5) is 9.18 Å². The minimum atomic E-state index is -2.10. The van der Waals surface area contributed by atoms with E-state index in [-0.39, 0.29) is 6.61 Å². The molecular formula is C13H16FNO8. The monoisotopic (exact) mass is 333 g/mol. The Morgan fingerprint density at radius 2 is 1.48 bits per heavy atom. The topological polar surface area (TPSA) is 108 Å². The van der Waals surface area contributed by atoms with Gasteiger partial charge in [-0.05, 0) is 0 Å². The molecule has 0 saturated carbocycles. The van der Waals surface area contributed by atoms with Gasteiger partial charge in [-0.3, -0.25) is 19.3 Å². The number of hydrogen-bond donors (Lipinski definition) is 0. The molecule has 1 amide bonds. The molecule has 0 N–H and O–H groups in total. The second kappa shape index (κ2) is 6.39. The molecule has 9 nitrogen and oxygen atoms in total. The fourth-order valence-corrected chi connectivity index (χ4v) is 2.68. The summed E-state index contributed by atoms with van der Waals surface area (Å²) in [5, 5.41) is 0. The molecule has 2 unspecified atom stereocenters. The third-order valence-corrected chi connectivity index (χ3v) is 3.42. The maximum absolute atomic E-state index is 14.6. The van der Waals surface area contributed by atoms with Crippen LogP contribution >= 0.6 is 0 Å². The summed E-state index contributed by atoms with van der Waals surface area (Å²) in [4.78, 5) is 46.2. The highest BCUT2D eigenvalue weighted by Crippen LogP contribution is 2.35. The van der Waals surface area contributed by atoms with Crippen molar-refractivity contribution in [3.63, 3.8) is 0 Å². The van der Waals surface area contributed by atoms with E-state index in [2.05, 4.69) is 0 Å². The summed E-state index contributed by atoms with van der Waals surface area (Å²) in [6, 6.07) is -0.988. The normalized spacial score (nSPS) is 32.6. The summed E-state index contributed by atoms with van der Waals surface area (Å²) in [7, 11) is 0. The molecule has 2 rings (SSSR count). The number of nitrogens with zero attached hydrogens (tertiary/aromatic N) is 1. The standard InChI is InChI=1S/C13H16FNO8/c1-5(16)21-9-8-4-20-13(19)15(8)12(14)11(23-7(3)18)10(9)22-6(2)17/h8-12H,4H2,1-3H3/t8?,9-,10+,11?,12+/m1/s1. The number of piperidine rings is 1. The molecule has 2 heterocycles. The van der Waals surface area contributed by atoms with E-state index >= 15 is 0 Å². The molecule has 23 heavy (non-hydrogen) atoms. The first kappa shape index (κ1) is 17.0. The number of hydrogen-bond acceptors (Lipinski definition) is 8. The van der Waals surface area contributed by atoms with Gasteiger partial charge in [-0.25, -0.2) is 9.18 Å². The molecule has 2 saturated heterocycles. The van der Waals surface area contributed by atoms with Crippen molar-refractivity contribution >= 4 is 24.0 Å². The number of esters is 3. The van der Waals surface area contributed by atoms with Gasteiger partial charge in [-0.1, -0.05) is 0 Å². The fraction of sp³-hybridized carbons (Fsp3) is 0.692. The Morgan fingerprint density at radius 1 is 1.00 bits per heavy atom.